The van der Waals surface area contributed by atoms with Gasteiger partial charge in [-0.25, -0.2) is 9.97 Å². The Hall–Kier alpha value is -1.96. The summed E-state index contributed by atoms with van der Waals surface area (Å²) in [5, 5.41) is 5.67. The first-order valence-corrected chi connectivity index (χ1v) is 5.61. The van der Waals surface area contributed by atoms with Crippen LogP contribution in [-0.2, 0) is 9.53 Å². The zero-order valence-corrected chi connectivity index (χ0v) is 11.0. The standard InChI is InChI=1S/C10H15N5O2S/c1-6-3-4-12-9(14-6)13-5-7(8(11)16)15-10(18)17-2/h3-4,7H,5H2,1-2H3,(H2,11,16)(H,15,18)(H,12,13,14). The van der Waals surface area contributed by atoms with Gasteiger partial charge in [0.1, 0.15) is 6.04 Å². The molecule has 0 radical (unpaired) electrons. The number of aromatic nitrogens is 2. The maximum atomic E-state index is 11.2. The molecule has 8 heteroatoms. The minimum Gasteiger partial charge on any atom is -0.474 e. The number of methoxy groups -OCH3 is 1. The first-order chi connectivity index (χ1) is 8.52. The number of nitrogens with one attached hydrogen (secondary N) is 2. The molecule has 0 saturated carbocycles. The van der Waals surface area contributed by atoms with Gasteiger partial charge in [-0.1, -0.05) is 0 Å². The van der Waals surface area contributed by atoms with Crippen molar-refractivity contribution in [3.8, 4) is 0 Å². The lowest BCUT2D eigenvalue weighted by Gasteiger charge is -2.16. The highest BCUT2D eigenvalue weighted by Gasteiger charge is 2.16. The van der Waals surface area contributed by atoms with Gasteiger partial charge in [0.05, 0.1) is 7.11 Å². The Kier molecular flexibility index (Phi) is 5.25. The number of nitrogens with zero attached hydrogens (tertiary/aromatic N) is 2. The van der Waals surface area contributed by atoms with E-state index in [1.165, 1.54) is 7.11 Å². The Morgan fingerprint density at radius 2 is 2.39 bits per heavy atom. The Balaban J connectivity index is 2.57. The average molecular weight is 269 g/mol. The summed E-state index contributed by atoms with van der Waals surface area (Å²) in [7, 11) is 1.41. The van der Waals surface area contributed by atoms with Crippen molar-refractivity contribution >= 4 is 29.2 Å². The summed E-state index contributed by atoms with van der Waals surface area (Å²) < 4.78 is 4.76. The molecule has 1 heterocycles. The Morgan fingerprint density at radius 3 is 2.94 bits per heavy atom. The minimum atomic E-state index is -0.693. The second-order valence-corrected chi connectivity index (χ2v) is 3.86. The second kappa shape index (κ2) is 6.70. The topological polar surface area (TPSA) is 102 Å². The first kappa shape index (κ1) is 14.1. The molecule has 0 spiro atoms. The number of carbonyl (C=O) groups is 1. The number of amides is 1. The Bertz CT molecular complexity index is 440. The largest absolute Gasteiger partial charge is 0.474 e. The number of ether oxygens (including phenoxy) is 1. The monoisotopic (exact) mass is 269 g/mol. The molecule has 0 saturated heterocycles. The third kappa shape index (κ3) is 4.50. The molecule has 0 bridgehead atoms. The lowest BCUT2D eigenvalue weighted by atomic mass is 10.3. The fourth-order valence-electron chi connectivity index (χ4n) is 1.15. The van der Waals surface area contributed by atoms with Gasteiger partial charge in [-0.3, -0.25) is 4.79 Å². The number of carbonyl (C=O) groups excluding carboxylic acids is 1. The van der Waals surface area contributed by atoms with E-state index in [0.717, 1.165) is 5.69 Å². The molecule has 0 aliphatic rings. The SMILES string of the molecule is COC(=S)NC(CNc1nccc(C)n1)C(N)=O. The molecule has 0 aromatic carbocycles. The van der Waals surface area contributed by atoms with Gasteiger partial charge in [-0.05, 0) is 25.2 Å². The summed E-state index contributed by atoms with van der Waals surface area (Å²) in [4.78, 5) is 19.3. The van der Waals surface area contributed by atoms with Crippen molar-refractivity contribution in [1.29, 1.82) is 0 Å². The van der Waals surface area contributed by atoms with E-state index in [9.17, 15) is 4.79 Å². The summed E-state index contributed by atoms with van der Waals surface area (Å²) in [5.74, 6) is -0.124. The summed E-state index contributed by atoms with van der Waals surface area (Å²) in [6.45, 7) is 2.05. The molecule has 0 fully saturated rings. The van der Waals surface area contributed by atoms with E-state index in [1.807, 2.05) is 6.92 Å². The summed E-state index contributed by atoms with van der Waals surface area (Å²) in [6.07, 6.45) is 1.62. The fourth-order valence-corrected chi connectivity index (χ4v) is 1.29. The highest BCUT2D eigenvalue weighted by molar-refractivity contribution is 7.80. The molecule has 1 rings (SSSR count). The first-order valence-electron chi connectivity index (χ1n) is 5.20. The van der Waals surface area contributed by atoms with E-state index in [1.54, 1.807) is 12.3 Å². The van der Waals surface area contributed by atoms with Crippen LogP contribution >= 0.6 is 12.2 Å². The molecule has 1 unspecified atom stereocenters. The van der Waals surface area contributed by atoms with Crippen LogP contribution in [-0.4, -0.2) is 40.7 Å². The molecule has 7 nitrogen and oxygen atoms in total. The van der Waals surface area contributed by atoms with Gasteiger partial charge in [0.2, 0.25) is 11.9 Å². The number of hydrogen-bond donors (Lipinski definition) is 3. The van der Waals surface area contributed by atoms with Crippen molar-refractivity contribution in [3.63, 3.8) is 0 Å². The van der Waals surface area contributed by atoms with E-state index < -0.39 is 11.9 Å². The van der Waals surface area contributed by atoms with Gasteiger partial charge < -0.3 is 21.1 Å². The van der Waals surface area contributed by atoms with E-state index in [2.05, 4.69) is 20.6 Å². The third-order valence-corrected chi connectivity index (χ3v) is 2.36. The highest BCUT2D eigenvalue weighted by atomic mass is 32.1. The normalized spacial score (nSPS) is 11.4. The fraction of sp³-hybridized carbons (Fsp3) is 0.400. The number of rotatable bonds is 5. The smallest absolute Gasteiger partial charge is 0.257 e. The maximum Gasteiger partial charge on any atom is 0.257 e. The van der Waals surface area contributed by atoms with Crippen molar-refractivity contribution in [2.45, 2.75) is 13.0 Å². The number of nitrogens with two attached hydrogens (primary N) is 1. The van der Waals surface area contributed by atoms with Crippen LogP contribution in [0.2, 0.25) is 0 Å². The number of anilines is 1. The highest BCUT2D eigenvalue weighted by Crippen LogP contribution is 1.99. The molecule has 1 aromatic heterocycles. The van der Waals surface area contributed by atoms with Crippen LogP contribution in [0.25, 0.3) is 0 Å². The van der Waals surface area contributed by atoms with Crippen LogP contribution in [0.3, 0.4) is 0 Å². The number of hydrogen-bond acceptors (Lipinski definition) is 6. The molecule has 0 aliphatic heterocycles. The van der Waals surface area contributed by atoms with Crippen LogP contribution in [0.4, 0.5) is 5.95 Å². The average Bonchev–Trinajstić information content (AvgIpc) is 2.33. The number of primary amides is 1. The predicted octanol–water partition coefficient (Wildman–Crippen LogP) is -0.428. The predicted molar refractivity (Wildman–Crippen MR) is 71.0 cm³/mol. The molecule has 1 amide bonds. The Morgan fingerprint density at radius 1 is 1.67 bits per heavy atom. The minimum absolute atomic E-state index is 0.103. The Labute approximate surface area is 110 Å². The third-order valence-electron chi connectivity index (χ3n) is 2.08. The lowest BCUT2D eigenvalue weighted by molar-refractivity contribution is -0.119. The van der Waals surface area contributed by atoms with Crippen molar-refractivity contribution in [3.05, 3.63) is 18.0 Å². The quantitative estimate of drug-likeness (QED) is 0.623. The molecule has 1 atom stereocenters. The zero-order valence-electron chi connectivity index (χ0n) is 10.1. The van der Waals surface area contributed by atoms with Crippen molar-refractivity contribution < 1.29 is 9.53 Å². The van der Waals surface area contributed by atoms with Crippen LogP contribution in [0, 0.1) is 6.92 Å². The van der Waals surface area contributed by atoms with E-state index in [-0.39, 0.29) is 11.7 Å². The van der Waals surface area contributed by atoms with E-state index in [4.69, 9.17) is 22.7 Å². The van der Waals surface area contributed by atoms with Crippen molar-refractivity contribution in [2.24, 2.45) is 5.73 Å². The molecule has 4 N–H and O–H groups in total. The zero-order chi connectivity index (χ0) is 13.5. The van der Waals surface area contributed by atoms with Crippen LogP contribution < -0.4 is 16.4 Å². The summed E-state index contributed by atoms with van der Waals surface area (Å²) in [6, 6.07) is 1.08. The molecule has 0 aliphatic carbocycles. The van der Waals surface area contributed by atoms with Crippen LogP contribution in [0.5, 0.6) is 0 Å². The van der Waals surface area contributed by atoms with Crippen LogP contribution in [0.1, 0.15) is 5.69 Å². The van der Waals surface area contributed by atoms with Gasteiger partial charge in [-0.15, -0.1) is 0 Å². The van der Waals surface area contributed by atoms with Gasteiger partial charge in [0.15, 0.2) is 0 Å². The lowest BCUT2D eigenvalue weighted by Crippen LogP contribution is -2.48. The van der Waals surface area contributed by atoms with E-state index >= 15 is 0 Å². The molecule has 18 heavy (non-hydrogen) atoms. The van der Waals surface area contributed by atoms with Gasteiger partial charge in [-0.2, -0.15) is 0 Å². The number of aryl methyl sites for hydroxylation is 1. The van der Waals surface area contributed by atoms with Gasteiger partial charge >= 0.3 is 0 Å². The second-order valence-electron chi connectivity index (χ2n) is 3.49. The van der Waals surface area contributed by atoms with Crippen molar-refractivity contribution in [1.82, 2.24) is 15.3 Å². The summed E-state index contributed by atoms with van der Waals surface area (Å²) in [5.41, 5.74) is 6.06. The number of thiocarbonyl (C=S) groups is 1. The molecule has 1 aromatic rings. The molecule has 98 valence electrons. The molecular formula is C10H15N5O2S. The van der Waals surface area contributed by atoms with Crippen molar-refractivity contribution in [2.75, 3.05) is 19.0 Å². The van der Waals surface area contributed by atoms with Crippen LogP contribution in [0.15, 0.2) is 12.3 Å². The summed E-state index contributed by atoms with van der Waals surface area (Å²) >= 11 is 4.80. The van der Waals surface area contributed by atoms with Gasteiger partial charge in [0.25, 0.3) is 5.17 Å². The van der Waals surface area contributed by atoms with Gasteiger partial charge in [0, 0.05) is 18.4 Å². The maximum absolute atomic E-state index is 11.2. The van der Waals surface area contributed by atoms with E-state index in [0.29, 0.717) is 5.95 Å². The molecular weight excluding hydrogens is 254 g/mol.